The van der Waals surface area contributed by atoms with Gasteiger partial charge in [0.1, 0.15) is 15.0 Å². The Bertz CT molecular complexity index is 480. The van der Waals surface area contributed by atoms with E-state index in [2.05, 4.69) is 41.8 Å². The summed E-state index contributed by atoms with van der Waals surface area (Å²) in [6, 6.07) is 9.49. The molecular weight excluding hydrogens is 355 g/mol. The summed E-state index contributed by atoms with van der Waals surface area (Å²) < 4.78 is 1.55. The molecular formula is C11H7Br2ClN2. The maximum absolute atomic E-state index is 5.82. The van der Waals surface area contributed by atoms with Crippen LogP contribution in [0.15, 0.2) is 39.5 Å². The first-order valence-electron chi connectivity index (χ1n) is 4.57. The summed E-state index contributed by atoms with van der Waals surface area (Å²) in [4.78, 5) is 8.59. The van der Waals surface area contributed by atoms with E-state index in [9.17, 15) is 0 Å². The fourth-order valence-electron chi connectivity index (χ4n) is 1.30. The van der Waals surface area contributed by atoms with Crippen molar-refractivity contribution in [3.8, 4) is 0 Å². The van der Waals surface area contributed by atoms with Gasteiger partial charge in [-0.15, -0.1) is 0 Å². The Labute approximate surface area is 115 Å². The van der Waals surface area contributed by atoms with Crippen molar-refractivity contribution in [2.45, 2.75) is 6.42 Å². The Balaban J connectivity index is 2.23. The highest BCUT2D eigenvalue weighted by Gasteiger charge is 2.02. The molecule has 0 bridgehead atoms. The minimum atomic E-state index is 0.690. The molecule has 5 heteroatoms. The molecule has 82 valence electrons. The topological polar surface area (TPSA) is 25.8 Å². The van der Waals surface area contributed by atoms with Gasteiger partial charge in [-0.05, 0) is 49.6 Å². The van der Waals surface area contributed by atoms with Gasteiger partial charge < -0.3 is 0 Å². The van der Waals surface area contributed by atoms with Crippen molar-refractivity contribution in [3.63, 3.8) is 0 Å². The van der Waals surface area contributed by atoms with Crippen molar-refractivity contribution >= 4 is 43.5 Å². The van der Waals surface area contributed by atoms with Crippen molar-refractivity contribution < 1.29 is 0 Å². The zero-order chi connectivity index (χ0) is 11.5. The van der Waals surface area contributed by atoms with E-state index in [0.717, 1.165) is 25.6 Å². The van der Waals surface area contributed by atoms with Gasteiger partial charge >= 0.3 is 0 Å². The molecule has 2 rings (SSSR count). The molecule has 2 nitrogen and oxygen atoms in total. The molecule has 1 aromatic heterocycles. The Hall–Kier alpha value is -0.450. The Kier molecular flexibility index (Phi) is 3.95. The maximum Gasteiger partial charge on any atom is 0.135 e. The van der Waals surface area contributed by atoms with Crippen LogP contribution in [0.3, 0.4) is 0 Å². The summed E-state index contributed by atoms with van der Waals surface area (Å²) in [5.74, 6) is 0.767. The minimum Gasteiger partial charge on any atom is -0.226 e. The Morgan fingerprint density at radius 1 is 1.00 bits per heavy atom. The van der Waals surface area contributed by atoms with Crippen LogP contribution in [0.1, 0.15) is 11.4 Å². The normalized spacial score (nSPS) is 10.4. The van der Waals surface area contributed by atoms with Crippen LogP contribution in [-0.4, -0.2) is 9.97 Å². The molecule has 0 saturated carbocycles. The zero-order valence-corrected chi connectivity index (χ0v) is 12.1. The number of aromatic nitrogens is 2. The molecule has 1 aromatic carbocycles. The quantitative estimate of drug-likeness (QED) is 0.747. The van der Waals surface area contributed by atoms with E-state index in [1.165, 1.54) is 0 Å². The van der Waals surface area contributed by atoms with E-state index in [1.54, 1.807) is 0 Å². The largest absolute Gasteiger partial charge is 0.226 e. The predicted octanol–water partition coefficient (Wildman–Crippen LogP) is 4.25. The van der Waals surface area contributed by atoms with Crippen LogP contribution in [0.25, 0.3) is 0 Å². The molecule has 0 radical (unpaired) electrons. The highest BCUT2D eigenvalue weighted by atomic mass is 79.9. The van der Waals surface area contributed by atoms with E-state index >= 15 is 0 Å². The second-order valence-corrected chi connectivity index (χ2v) is 5.29. The highest BCUT2D eigenvalue weighted by molar-refractivity contribution is 9.11. The number of benzene rings is 1. The smallest absolute Gasteiger partial charge is 0.135 e. The molecule has 0 spiro atoms. The van der Waals surface area contributed by atoms with Gasteiger partial charge in [-0.2, -0.15) is 0 Å². The molecule has 0 atom stereocenters. The minimum absolute atomic E-state index is 0.690. The monoisotopic (exact) mass is 360 g/mol. The standard InChI is InChI=1S/C11H7Br2ClN2/c12-9-6-10(13)16-11(15-9)5-7-1-3-8(14)4-2-7/h1-4,6H,5H2. The second kappa shape index (κ2) is 5.25. The molecule has 1 heterocycles. The van der Waals surface area contributed by atoms with Gasteiger partial charge in [0.15, 0.2) is 0 Å². The van der Waals surface area contributed by atoms with Gasteiger partial charge in [0.2, 0.25) is 0 Å². The van der Waals surface area contributed by atoms with Crippen molar-refractivity contribution in [2.24, 2.45) is 0 Å². The summed E-state index contributed by atoms with van der Waals surface area (Å²) in [5.41, 5.74) is 1.13. The van der Waals surface area contributed by atoms with Gasteiger partial charge in [-0.25, -0.2) is 9.97 Å². The molecule has 2 aromatic rings. The number of halogens is 3. The first-order chi connectivity index (χ1) is 7.63. The first kappa shape index (κ1) is 12.0. The third-order valence-corrected chi connectivity index (χ3v) is 3.05. The Morgan fingerprint density at radius 3 is 2.12 bits per heavy atom. The van der Waals surface area contributed by atoms with Crippen molar-refractivity contribution in [3.05, 3.63) is 55.9 Å². The van der Waals surface area contributed by atoms with E-state index in [-0.39, 0.29) is 0 Å². The van der Waals surface area contributed by atoms with Gasteiger partial charge in [0.05, 0.1) is 0 Å². The molecule has 0 aliphatic rings. The van der Waals surface area contributed by atoms with Gasteiger partial charge in [-0.1, -0.05) is 23.7 Å². The summed E-state index contributed by atoms with van der Waals surface area (Å²) >= 11 is 12.5. The molecule has 0 fully saturated rings. The summed E-state index contributed by atoms with van der Waals surface area (Å²) in [7, 11) is 0. The van der Waals surface area contributed by atoms with Crippen LogP contribution in [-0.2, 0) is 6.42 Å². The summed E-state index contributed by atoms with van der Waals surface area (Å²) in [6.45, 7) is 0. The molecule has 0 aliphatic carbocycles. The molecule has 16 heavy (non-hydrogen) atoms. The molecule has 0 amide bonds. The van der Waals surface area contributed by atoms with Gasteiger partial charge in [0, 0.05) is 17.5 Å². The van der Waals surface area contributed by atoms with Gasteiger partial charge in [-0.3, -0.25) is 0 Å². The molecule has 0 N–H and O–H groups in total. The van der Waals surface area contributed by atoms with Crippen molar-refractivity contribution in [1.29, 1.82) is 0 Å². The average molecular weight is 362 g/mol. The molecule has 0 unspecified atom stereocenters. The highest BCUT2D eigenvalue weighted by Crippen LogP contribution is 2.16. The van der Waals surface area contributed by atoms with Crippen LogP contribution in [0.2, 0.25) is 5.02 Å². The molecule has 0 saturated heterocycles. The van der Waals surface area contributed by atoms with Crippen LogP contribution in [0.4, 0.5) is 0 Å². The van der Waals surface area contributed by atoms with Crippen molar-refractivity contribution in [1.82, 2.24) is 9.97 Å². The zero-order valence-electron chi connectivity index (χ0n) is 8.12. The van der Waals surface area contributed by atoms with Crippen molar-refractivity contribution in [2.75, 3.05) is 0 Å². The number of hydrogen-bond donors (Lipinski definition) is 0. The predicted molar refractivity (Wildman–Crippen MR) is 71.7 cm³/mol. The lowest BCUT2D eigenvalue weighted by Gasteiger charge is -2.02. The number of hydrogen-bond acceptors (Lipinski definition) is 2. The summed E-state index contributed by atoms with van der Waals surface area (Å²) in [5, 5.41) is 0.736. The fraction of sp³-hybridized carbons (Fsp3) is 0.0909. The first-order valence-corrected chi connectivity index (χ1v) is 6.53. The lowest BCUT2D eigenvalue weighted by Crippen LogP contribution is -1.97. The van der Waals surface area contributed by atoms with Crippen LogP contribution >= 0.6 is 43.5 Å². The number of rotatable bonds is 2. The van der Waals surface area contributed by atoms with Crippen LogP contribution in [0.5, 0.6) is 0 Å². The Morgan fingerprint density at radius 2 is 1.56 bits per heavy atom. The second-order valence-electron chi connectivity index (χ2n) is 3.23. The van der Waals surface area contributed by atoms with E-state index in [1.807, 2.05) is 30.3 Å². The van der Waals surface area contributed by atoms with E-state index in [4.69, 9.17) is 11.6 Å². The van der Waals surface area contributed by atoms with E-state index in [0.29, 0.717) is 6.42 Å². The third-order valence-electron chi connectivity index (χ3n) is 1.99. The lowest BCUT2D eigenvalue weighted by molar-refractivity contribution is 0.941. The SMILES string of the molecule is Clc1ccc(Cc2nc(Br)cc(Br)n2)cc1. The van der Waals surface area contributed by atoms with E-state index < -0.39 is 0 Å². The average Bonchev–Trinajstić information content (AvgIpc) is 2.20. The number of nitrogens with zero attached hydrogens (tertiary/aromatic N) is 2. The maximum atomic E-state index is 5.82. The van der Waals surface area contributed by atoms with Crippen LogP contribution in [0, 0.1) is 0 Å². The van der Waals surface area contributed by atoms with Gasteiger partial charge in [0.25, 0.3) is 0 Å². The molecule has 0 aliphatic heterocycles. The third kappa shape index (κ3) is 3.27. The summed E-state index contributed by atoms with van der Waals surface area (Å²) in [6.07, 6.45) is 0.690. The fourth-order valence-corrected chi connectivity index (χ4v) is 2.57. The lowest BCUT2D eigenvalue weighted by atomic mass is 10.1. The van der Waals surface area contributed by atoms with Crippen LogP contribution < -0.4 is 0 Å².